The zero-order valence-corrected chi connectivity index (χ0v) is 19.6. The summed E-state index contributed by atoms with van der Waals surface area (Å²) in [6.45, 7) is 6.12. The lowest BCUT2D eigenvalue weighted by molar-refractivity contribution is 0.414. The number of benzene rings is 1. The molecule has 3 aromatic heterocycles. The van der Waals surface area contributed by atoms with E-state index in [2.05, 4.69) is 39.0 Å². The van der Waals surface area contributed by atoms with Gasteiger partial charge in [0.25, 0.3) is 5.56 Å². The van der Waals surface area contributed by atoms with Gasteiger partial charge in [0, 0.05) is 37.1 Å². The van der Waals surface area contributed by atoms with Crippen LogP contribution >= 0.6 is 0 Å². The fourth-order valence-corrected chi connectivity index (χ4v) is 4.49. The second-order valence-corrected chi connectivity index (χ2v) is 8.80. The Balaban J connectivity index is 1.44. The zero-order chi connectivity index (χ0) is 23.7. The van der Waals surface area contributed by atoms with Gasteiger partial charge in [0.1, 0.15) is 11.6 Å². The summed E-state index contributed by atoms with van der Waals surface area (Å²) in [5.74, 6) is 2.34. The smallest absolute Gasteiger partial charge is 0.260 e. The number of rotatable bonds is 6. The molecule has 0 radical (unpaired) electrons. The number of methoxy groups -OCH3 is 1. The second-order valence-electron chi connectivity index (χ2n) is 8.80. The molecule has 5 rings (SSSR count). The number of hydrogen-bond acceptors (Lipinski definition) is 7. The van der Waals surface area contributed by atoms with Crippen LogP contribution in [0.1, 0.15) is 42.1 Å². The highest BCUT2D eigenvalue weighted by Crippen LogP contribution is 2.30. The topological polar surface area (TPSA) is 96.0 Å². The Morgan fingerprint density at radius 1 is 1.18 bits per heavy atom. The monoisotopic (exact) mass is 456 g/mol. The van der Waals surface area contributed by atoms with Crippen molar-refractivity contribution in [1.82, 2.24) is 19.9 Å². The first-order chi connectivity index (χ1) is 16.5. The van der Waals surface area contributed by atoms with Gasteiger partial charge in [-0.25, -0.2) is 9.97 Å². The minimum atomic E-state index is -0.121. The van der Waals surface area contributed by atoms with Crippen molar-refractivity contribution in [3.05, 3.63) is 81.5 Å². The van der Waals surface area contributed by atoms with Gasteiger partial charge < -0.3 is 15.0 Å². The number of hydrogen-bond donors (Lipinski definition) is 2. The SMILES string of the molecule is COc1cc(C(C)C)c2c(=O)[nH]c(N3CCc4c(ccnc4NCc4ccccn4)C3)nc2c1. The van der Waals surface area contributed by atoms with Crippen LogP contribution in [-0.4, -0.2) is 33.6 Å². The third kappa shape index (κ3) is 4.19. The van der Waals surface area contributed by atoms with Gasteiger partial charge in [-0.05, 0) is 47.7 Å². The molecule has 4 heterocycles. The van der Waals surface area contributed by atoms with Crippen molar-refractivity contribution < 1.29 is 4.74 Å². The van der Waals surface area contributed by atoms with Gasteiger partial charge in [0.05, 0.1) is 30.3 Å². The van der Waals surface area contributed by atoms with E-state index in [1.54, 1.807) is 13.3 Å². The van der Waals surface area contributed by atoms with Crippen LogP contribution < -0.4 is 20.5 Å². The van der Waals surface area contributed by atoms with Crippen molar-refractivity contribution in [3.8, 4) is 5.75 Å². The Kier molecular flexibility index (Phi) is 5.88. The first-order valence-electron chi connectivity index (χ1n) is 11.5. The Morgan fingerprint density at radius 2 is 2.06 bits per heavy atom. The molecule has 8 heteroatoms. The van der Waals surface area contributed by atoms with Crippen LogP contribution in [0.2, 0.25) is 0 Å². The Morgan fingerprint density at radius 3 is 2.82 bits per heavy atom. The normalized spacial score (nSPS) is 13.2. The Hall–Kier alpha value is -3.94. The largest absolute Gasteiger partial charge is 0.497 e. The molecule has 0 spiro atoms. The third-order valence-corrected chi connectivity index (χ3v) is 6.27. The predicted molar refractivity (Wildman–Crippen MR) is 134 cm³/mol. The highest BCUT2D eigenvalue weighted by molar-refractivity contribution is 5.84. The van der Waals surface area contributed by atoms with Crippen molar-refractivity contribution in [2.24, 2.45) is 0 Å². The van der Waals surface area contributed by atoms with Gasteiger partial charge >= 0.3 is 0 Å². The minimum absolute atomic E-state index is 0.121. The maximum atomic E-state index is 13.1. The number of H-pyrrole nitrogens is 1. The van der Waals surface area contributed by atoms with Crippen molar-refractivity contribution in [2.75, 3.05) is 23.9 Å². The number of pyridine rings is 2. The molecule has 0 saturated heterocycles. The molecule has 4 aromatic rings. The van der Waals surface area contributed by atoms with Crippen LogP contribution in [0, 0.1) is 0 Å². The molecule has 0 unspecified atom stereocenters. The summed E-state index contributed by atoms with van der Waals surface area (Å²) in [7, 11) is 1.63. The summed E-state index contributed by atoms with van der Waals surface area (Å²) in [5.41, 5.74) is 4.80. The first-order valence-corrected chi connectivity index (χ1v) is 11.5. The van der Waals surface area contributed by atoms with Gasteiger partial charge in [-0.1, -0.05) is 19.9 Å². The molecule has 1 aliphatic heterocycles. The minimum Gasteiger partial charge on any atom is -0.497 e. The van der Waals surface area contributed by atoms with E-state index >= 15 is 0 Å². The molecule has 1 aliphatic rings. The number of fused-ring (bicyclic) bond motifs is 2. The van der Waals surface area contributed by atoms with E-state index in [-0.39, 0.29) is 11.5 Å². The standard InChI is InChI=1S/C26H28N6O2/c1-16(2)21-12-19(34-3)13-22-23(21)25(33)31-26(30-22)32-11-8-20-17(15-32)7-10-28-24(20)29-14-18-6-4-5-9-27-18/h4-7,9-10,12-13,16H,8,11,14-15H2,1-3H3,(H,28,29)(H,30,31,33). The van der Waals surface area contributed by atoms with E-state index in [0.29, 0.717) is 35.7 Å². The fourth-order valence-electron chi connectivity index (χ4n) is 4.49. The highest BCUT2D eigenvalue weighted by Gasteiger charge is 2.23. The van der Waals surface area contributed by atoms with Crippen LogP contribution in [0.3, 0.4) is 0 Å². The molecule has 0 bridgehead atoms. The molecule has 0 aliphatic carbocycles. The molecular weight excluding hydrogens is 428 g/mol. The highest BCUT2D eigenvalue weighted by atomic mass is 16.5. The summed E-state index contributed by atoms with van der Waals surface area (Å²) in [6, 6.07) is 11.7. The molecule has 1 aromatic carbocycles. The van der Waals surface area contributed by atoms with E-state index in [1.165, 1.54) is 11.1 Å². The molecule has 0 fully saturated rings. The summed E-state index contributed by atoms with van der Waals surface area (Å²) in [6.07, 6.45) is 4.41. The summed E-state index contributed by atoms with van der Waals surface area (Å²) in [4.78, 5) is 32.0. The summed E-state index contributed by atoms with van der Waals surface area (Å²) < 4.78 is 5.47. The lowest BCUT2D eigenvalue weighted by Crippen LogP contribution is -2.33. The van der Waals surface area contributed by atoms with Crippen molar-refractivity contribution >= 4 is 22.7 Å². The Bertz CT molecular complexity index is 1380. The van der Waals surface area contributed by atoms with E-state index < -0.39 is 0 Å². The van der Waals surface area contributed by atoms with Gasteiger partial charge in [-0.3, -0.25) is 14.8 Å². The van der Waals surface area contributed by atoms with Gasteiger partial charge in [-0.2, -0.15) is 0 Å². The van der Waals surface area contributed by atoms with Gasteiger partial charge in [0.15, 0.2) is 0 Å². The van der Waals surface area contributed by atoms with Crippen molar-refractivity contribution in [2.45, 2.75) is 39.3 Å². The number of aromatic nitrogens is 4. The van der Waals surface area contributed by atoms with Crippen LogP contribution in [-0.2, 0) is 19.5 Å². The third-order valence-electron chi connectivity index (χ3n) is 6.27. The lowest BCUT2D eigenvalue weighted by atomic mass is 9.98. The average Bonchev–Trinajstić information content (AvgIpc) is 2.86. The maximum Gasteiger partial charge on any atom is 0.260 e. The molecule has 0 saturated carbocycles. The Labute approximate surface area is 198 Å². The number of anilines is 2. The van der Waals surface area contributed by atoms with E-state index in [9.17, 15) is 4.79 Å². The van der Waals surface area contributed by atoms with Crippen molar-refractivity contribution in [3.63, 3.8) is 0 Å². The number of nitrogens with one attached hydrogen (secondary N) is 2. The second kappa shape index (κ2) is 9.13. The number of nitrogens with zero attached hydrogens (tertiary/aromatic N) is 4. The molecule has 174 valence electrons. The quantitative estimate of drug-likeness (QED) is 0.452. The summed E-state index contributed by atoms with van der Waals surface area (Å²) >= 11 is 0. The number of aromatic amines is 1. The molecule has 0 atom stereocenters. The van der Waals surface area contributed by atoms with Crippen LogP contribution in [0.5, 0.6) is 5.75 Å². The van der Waals surface area contributed by atoms with Crippen molar-refractivity contribution in [1.29, 1.82) is 0 Å². The predicted octanol–water partition coefficient (Wildman–Crippen LogP) is 4.02. The molecule has 2 N–H and O–H groups in total. The maximum absolute atomic E-state index is 13.1. The van der Waals surface area contributed by atoms with E-state index in [0.717, 1.165) is 30.0 Å². The van der Waals surface area contributed by atoms with E-state index in [4.69, 9.17) is 9.72 Å². The zero-order valence-electron chi connectivity index (χ0n) is 19.6. The number of ether oxygens (including phenoxy) is 1. The van der Waals surface area contributed by atoms with Crippen LogP contribution in [0.15, 0.2) is 53.6 Å². The average molecular weight is 457 g/mol. The molecule has 8 nitrogen and oxygen atoms in total. The first kappa shape index (κ1) is 21.9. The fraction of sp³-hybridized carbons (Fsp3) is 0.308. The van der Waals surface area contributed by atoms with Crippen LogP contribution in [0.25, 0.3) is 10.9 Å². The van der Waals surface area contributed by atoms with Gasteiger partial charge in [0.2, 0.25) is 5.95 Å². The van der Waals surface area contributed by atoms with E-state index in [1.807, 2.05) is 42.6 Å². The van der Waals surface area contributed by atoms with Gasteiger partial charge in [-0.15, -0.1) is 0 Å². The lowest BCUT2D eigenvalue weighted by Gasteiger charge is -2.30. The summed E-state index contributed by atoms with van der Waals surface area (Å²) in [5, 5.41) is 4.05. The molecule has 34 heavy (non-hydrogen) atoms. The molecular formula is C26H28N6O2. The molecule has 0 amide bonds. The van der Waals surface area contributed by atoms with Crippen LogP contribution in [0.4, 0.5) is 11.8 Å².